The maximum Gasteiger partial charge on any atom is 0.270 e. The Bertz CT molecular complexity index is 636. The number of nitrogens with zero attached hydrogens (tertiary/aromatic N) is 2. The Morgan fingerprint density at radius 1 is 1.22 bits per heavy atom. The minimum atomic E-state index is -3.52. The molecule has 0 fully saturated rings. The first-order valence-electron chi connectivity index (χ1n) is 5.57. The first kappa shape index (κ1) is 13.5. The van der Waals surface area contributed by atoms with E-state index in [1.807, 2.05) is 45.0 Å². The van der Waals surface area contributed by atoms with Crippen LogP contribution in [0.1, 0.15) is 20.8 Å². The van der Waals surface area contributed by atoms with E-state index in [0.717, 1.165) is 10.2 Å². The number of hydrogen-bond donors (Lipinski definition) is 0. The van der Waals surface area contributed by atoms with Crippen LogP contribution in [0.15, 0.2) is 28.6 Å². The fraction of sp³-hybridized carbons (Fsp3) is 0.417. The van der Waals surface area contributed by atoms with Crippen LogP contribution in [0.2, 0.25) is 0 Å². The SMILES string of the molecule is CN(C(C)(C)C)S(=O)(=O)c1nc2ccccc2s1. The highest BCUT2D eigenvalue weighted by Gasteiger charge is 2.32. The average Bonchev–Trinajstić information content (AvgIpc) is 2.70. The smallest absolute Gasteiger partial charge is 0.224 e. The molecule has 4 nitrogen and oxygen atoms in total. The Hall–Kier alpha value is -0.980. The van der Waals surface area contributed by atoms with Crippen molar-refractivity contribution >= 4 is 31.6 Å². The van der Waals surface area contributed by atoms with Gasteiger partial charge in [-0.15, -0.1) is 11.3 Å². The molecule has 1 aromatic carbocycles. The van der Waals surface area contributed by atoms with Gasteiger partial charge in [-0.05, 0) is 32.9 Å². The lowest BCUT2D eigenvalue weighted by Gasteiger charge is -2.29. The fourth-order valence-corrected chi connectivity index (χ4v) is 4.33. The van der Waals surface area contributed by atoms with E-state index in [2.05, 4.69) is 4.98 Å². The van der Waals surface area contributed by atoms with E-state index >= 15 is 0 Å². The van der Waals surface area contributed by atoms with Crippen LogP contribution in [0.4, 0.5) is 0 Å². The highest BCUT2D eigenvalue weighted by molar-refractivity contribution is 7.91. The third kappa shape index (κ3) is 2.28. The summed E-state index contributed by atoms with van der Waals surface area (Å²) in [5, 5.41) is 0. The van der Waals surface area contributed by atoms with Crippen LogP contribution in [0.3, 0.4) is 0 Å². The lowest BCUT2D eigenvalue weighted by atomic mass is 10.1. The van der Waals surface area contributed by atoms with Crippen molar-refractivity contribution in [2.45, 2.75) is 30.6 Å². The molecule has 0 saturated heterocycles. The number of sulfonamides is 1. The van der Waals surface area contributed by atoms with Crippen molar-refractivity contribution in [1.82, 2.24) is 9.29 Å². The molecule has 0 aliphatic carbocycles. The fourth-order valence-electron chi connectivity index (χ4n) is 1.44. The zero-order valence-electron chi connectivity index (χ0n) is 10.8. The topological polar surface area (TPSA) is 50.3 Å². The van der Waals surface area contributed by atoms with Gasteiger partial charge in [0, 0.05) is 12.6 Å². The van der Waals surface area contributed by atoms with Crippen molar-refractivity contribution in [2.75, 3.05) is 7.05 Å². The van der Waals surface area contributed by atoms with Crippen LogP contribution < -0.4 is 0 Å². The Balaban J connectivity index is 2.54. The molecule has 0 saturated carbocycles. The molecular weight excluding hydrogens is 268 g/mol. The molecule has 0 atom stereocenters. The highest BCUT2D eigenvalue weighted by Crippen LogP contribution is 2.29. The van der Waals surface area contributed by atoms with Gasteiger partial charge in [-0.1, -0.05) is 12.1 Å². The Labute approximate surface area is 111 Å². The molecule has 18 heavy (non-hydrogen) atoms. The number of aromatic nitrogens is 1. The van der Waals surface area contributed by atoms with Gasteiger partial charge in [0.05, 0.1) is 10.2 Å². The molecule has 0 N–H and O–H groups in total. The first-order chi connectivity index (χ1) is 8.23. The molecule has 6 heteroatoms. The first-order valence-corrected chi connectivity index (χ1v) is 7.83. The van der Waals surface area contributed by atoms with E-state index in [9.17, 15) is 8.42 Å². The summed E-state index contributed by atoms with van der Waals surface area (Å²) in [7, 11) is -1.93. The summed E-state index contributed by atoms with van der Waals surface area (Å²) in [6, 6.07) is 7.43. The van der Waals surface area contributed by atoms with Crippen molar-refractivity contribution in [3.8, 4) is 0 Å². The molecule has 0 aliphatic heterocycles. The molecule has 0 aliphatic rings. The molecule has 2 aromatic rings. The van der Waals surface area contributed by atoms with E-state index in [-0.39, 0.29) is 4.34 Å². The summed E-state index contributed by atoms with van der Waals surface area (Å²) in [6.45, 7) is 5.58. The predicted molar refractivity (Wildman–Crippen MR) is 74.3 cm³/mol. The van der Waals surface area contributed by atoms with Crippen molar-refractivity contribution in [3.05, 3.63) is 24.3 Å². The second-order valence-corrected chi connectivity index (χ2v) is 8.26. The van der Waals surface area contributed by atoms with Crippen molar-refractivity contribution in [1.29, 1.82) is 0 Å². The van der Waals surface area contributed by atoms with E-state index in [0.29, 0.717) is 0 Å². The molecular formula is C12H16N2O2S2. The van der Waals surface area contributed by atoms with Crippen molar-refractivity contribution in [3.63, 3.8) is 0 Å². The van der Waals surface area contributed by atoms with Gasteiger partial charge >= 0.3 is 0 Å². The largest absolute Gasteiger partial charge is 0.270 e. The standard InChI is InChI=1S/C12H16N2O2S2/c1-12(2,3)14(4)18(15,16)11-13-9-7-5-6-8-10(9)17-11/h5-8H,1-4H3. The normalized spacial score (nSPS) is 13.4. The van der Waals surface area contributed by atoms with Gasteiger partial charge in [-0.2, -0.15) is 4.31 Å². The van der Waals surface area contributed by atoms with Crippen molar-refractivity contribution in [2.24, 2.45) is 0 Å². The minimum Gasteiger partial charge on any atom is -0.224 e. The lowest BCUT2D eigenvalue weighted by molar-refractivity contribution is 0.291. The van der Waals surface area contributed by atoms with Crippen molar-refractivity contribution < 1.29 is 8.42 Å². The molecule has 0 amide bonds. The molecule has 2 rings (SSSR count). The van der Waals surface area contributed by atoms with Crippen LogP contribution in [0, 0.1) is 0 Å². The average molecular weight is 284 g/mol. The van der Waals surface area contributed by atoms with Crippen LogP contribution in [0.5, 0.6) is 0 Å². The summed E-state index contributed by atoms with van der Waals surface area (Å²) in [6.07, 6.45) is 0. The molecule has 1 aromatic heterocycles. The maximum absolute atomic E-state index is 12.4. The second kappa shape index (κ2) is 4.29. The highest BCUT2D eigenvalue weighted by atomic mass is 32.2. The van der Waals surface area contributed by atoms with Gasteiger partial charge in [0.1, 0.15) is 0 Å². The number of fused-ring (bicyclic) bond motifs is 1. The Morgan fingerprint density at radius 3 is 2.39 bits per heavy atom. The Morgan fingerprint density at radius 2 is 1.83 bits per heavy atom. The summed E-state index contributed by atoms with van der Waals surface area (Å²) < 4.78 is 27.2. The third-order valence-electron chi connectivity index (χ3n) is 2.80. The van der Waals surface area contributed by atoms with Gasteiger partial charge in [0.25, 0.3) is 10.0 Å². The van der Waals surface area contributed by atoms with Crippen LogP contribution in [-0.2, 0) is 10.0 Å². The van der Waals surface area contributed by atoms with Gasteiger partial charge in [-0.3, -0.25) is 0 Å². The molecule has 0 bridgehead atoms. The molecule has 98 valence electrons. The van der Waals surface area contributed by atoms with Gasteiger partial charge < -0.3 is 0 Å². The number of rotatable bonds is 2. The van der Waals surface area contributed by atoms with E-state index in [1.165, 1.54) is 15.6 Å². The van der Waals surface area contributed by atoms with Crippen LogP contribution in [0.25, 0.3) is 10.2 Å². The van der Waals surface area contributed by atoms with Gasteiger partial charge in [0.2, 0.25) is 4.34 Å². The summed E-state index contributed by atoms with van der Waals surface area (Å²) in [5.41, 5.74) is 0.264. The van der Waals surface area contributed by atoms with E-state index in [4.69, 9.17) is 0 Å². The molecule has 0 radical (unpaired) electrons. The van der Waals surface area contributed by atoms with Crippen LogP contribution in [-0.4, -0.2) is 30.3 Å². The number of benzene rings is 1. The van der Waals surface area contributed by atoms with Gasteiger partial charge in [0.15, 0.2) is 0 Å². The zero-order valence-corrected chi connectivity index (χ0v) is 12.5. The number of hydrogen-bond acceptors (Lipinski definition) is 4. The minimum absolute atomic E-state index is 0.154. The molecule has 0 spiro atoms. The Kier molecular flexibility index (Phi) is 3.21. The lowest BCUT2D eigenvalue weighted by Crippen LogP contribution is -2.42. The maximum atomic E-state index is 12.4. The van der Waals surface area contributed by atoms with Gasteiger partial charge in [-0.25, -0.2) is 13.4 Å². The monoisotopic (exact) mass is 284 g/mol. The summed E-state index contributed by atoms with van der Waals surface area (Å²) >= 11 is 1.21. The predicted octanol–water partition coefficient (Wildman–Crippen LogP) is 2.72. The van der Waals surface area contributed by atoms with E-state index in [1.54, 1.807) is 7.05 Å². The number of para-hydroxylation sites is 1. The van der Waals surface area contributed by atoms with Crippen LogP contribution >= 0.6 is 11.3 Å². The summed E-state index contributed by atoms with van der Waals surface area (Å²) in [5.74, 6) is 0. The van der Waals surface area contributed by atoms with E-state index < -0.39 is 15.6 Å². The molecule has 1 heterocycles. The number of thiazole rings is 1. The zero-order chi connectivity index (χ0) is 13.6. The molecule has 0 unspecified atom stereocenters. The summed E-state index contributed by atoms with van der Waals surface area (Å²) in [4.78, 5) is 4.21. The second-order valence-electron chi connectivity index (χ2n) is 5.09. The quantitative estimate of drug-likeness (QED) is 0.852. The third-order valence-corrected chi connectivity index (χ3v) is 6.31.